The van der Waals surface area contributed by atoms with Gasteiger partial charge in [-0.2, -0.15) is 4.98 Å². The molecule has 0 aliphatic heterocycles. The smallest absolute Gasteiger partial charge is 0.226 e. The number of aromatic nitrogens is 2. The van der Waals surface area contributed by atoms with Crippen LogP contribution in [0.1, 0.15) is 78.4 Å². The normalized spacial score (nSPS) is 28.6. The van der Waals surface area contributed by atoms with Crippen LogP contribution in [0.15, 0.2) is 4.52 Å². The van der Waals surface area contributed by atoms with E-state index in [9.17, 15) is 0 Å². The molecule has 1 aromatic rings. The third kappa shape index (κ3) is 4.53. The van der Waals surface area contributed by atoms with E-state index in [0.717, 1.165) is 50.3 Å². The van der Waals surface area contributed by atoms with Gasteiger partial charge in [0.15, 0.2) is 5.82 Å². The van der Waals surface area contributed by atoms with E-state index in [1.807, 2.05) is 0 Å². The van der Waals surface area contributed by atoms with E-state index in [-0.39, 0.29) is 5.54 Å². The van der Waals surface area contributed by atoms with Crippen molar-refractivity contribution in [3.05, 3.63) is 11.7 Å². The Morgan fingerprint density at radius 3 is 2.52 bits per heavy atom. The number of rotatable bonds is 4. The maximum atomic E-state index is 6.50. The highest BCUT2D eigenvalue weighted by molar-refractivity contribution is 5.06. The van der Waals surface area contributed by atoms with Crippen molar-refractivity contribution in [3.63, 3.8) is 0 Å². The molecule has 0 aromatic carbocycles. The molecule has 1 aliphatic carbocycles. The third-order valence-electron chi connectivity index (χ3n) is 4.56. The largest absolute Gasteiger partial charge is 0.339 e. The fourth-order valence-electron chi connectivity index (χ4n) is 3.46. The van der Waals surface area contributed by atoms with Crippen LogP contribution in [-0.4, -0.2) is 10.1 Å². The Kier molecular flexibility index (Phi) is 4.76. The Hall–Kier alpha value is -0.900. The first-order chi connectivity index (χ1) is 9.68. The van der Waals surface area contributed by atoms with Crippen molar-refractivity contribution in [3.8, 4) is 0 Å². The molecule has 1 fully saturated rings. The van der Waals surface area contributed by atoms with E-state index in [2.05, 4.69) is 44.8 Å². The lowest BCUT2D eigenvalue weighted by Crippen LogP contribution is -2.41. The van der Waals surface area contributed by atoms with Gasteiger partial charge < -0.3 is 10.3 Å². The van der Waals surface area contributed by atoms with E-state index in [4.69, 9.17) is 10.3 Å². The summed E-state index contributed by atoms with van der Waals surface area (Å²) < 4.78 is 5.45. The highest BCUT2D eigenvalue weighted by Gasteiger charge is 2.36. The van der Waals surface area contributed by atoms with Crippen molar-refractivity contribution in [1.82, 2.24) is 10.1 Å². The van der Waals surface area contributed by atoms with Gasteiger partial charge in [0.05, 0.1) is 5.54 Å². The van der Waals surface area contributed by atoms with Crippen LogP contribution in [0.25, 0.3) is 0 Å². The summed E-state index contributed by atoms with van der Waals surface area (Å²) in [6.07, 6.45) is 6.23. The quantitative estimate of drug-likeness (QED) is 0.909. The minimum absolute atomic E-state index is 0.330. The summed E-state index contributed by atoms with van der Waals surface area (Å²) in [4.78, 5) is 4.60. The summed E-state index contributed by atoms with van der Waals surface area (Å²) in [7, 11) is 0. The van der Waals surface area contributed by atoms with E-state index in [1.54, 1.807) is 0 Å². The Labute approximate surface area is 128 Å². The molecular weight excluding hydrogens is 262 g/mol. The average molecular weight is 293 g/mol. The third-order valence-corrected chi connectivity index (χ3v) is 4.56. The van der Waals surface area contributed by atoms with Gasteiger partial charge in [-0.1, -0.05) is 39.8 Å². The highest BCUT2D eigenvalue weighted by Crippen LogP contribution is 2.36. The molecule has 1 aromatic heterocycles. The number of hydrogen-bond donors (Lipinski definition) is 1. The van der Waals surface area contributed by atoms with Gasteiger partial charge in [0.2, 0.25) is 5.89 Å². The molecule has 0 spiro atoms. The predicted molar refractivity (Wildman–Crippen MR) is 84.7 cm³/mol. The zero-order chi connectivity index (χ0) is 15.7. The fourth-order valence-corrected chi connectivity index (χ4v) is 3.46. The number of nitrogens with two attached hydrogens (primary N) is 1. The van der Waals surface area contributed by atoms with Crippen LogP contribution in [0.5, 0.6) is 0 Å². The van der Waals surface area contributed by atoms with Crippen LogP contribution >= 0.6 is 0 Å². The molecule has 0 saturated heterocycles. The molecule has 0 amide bonds. The van der Waals surface area contributed by atoms with Gasteiger partial charge >= 0.3 is 0 Å². The van der Waals surface area contributed by atoms with Gasteiger partial charge in [0.25, 0.3) is 0 Å². The second-order valence-electron chi connectivity index (χ2n) is 8.42. The van der Waals surface area contributed by atoms with Crippen molar-refractivity contribution in [2.24, 2.45) is 23.0 Å². The van der Waals surface area contributed by atoms with Gasteiger partial charge in [0.1, 0.15) is 0 Å². The van der Waals surface area contributed by atoms with E-state index in [0.29, 0.717) is 17.2 Å². The first-order valence-corrected chi connectivity index (χ1v) is 8.30. The standard InChI is InChI=1S/C17H31N3O/c1-12-6-8-17(18,9-7-12)15-19-14(21-20-15)10-13(2)11-16(3,4)5/h12-13H,6-11,18H2,1-5H3. The van der Waals surface area contributed by atoms with Gasteiger partial charge in [0, 0.05) is 6.42 Å². The van der Waals surface area contributed by atoms with Crippen LogP contribution in [0, 0.1) is 17.3 Å². The second-order valence-corrected chi connectivity index (χ2v) is 8.42. The lowest BCUT2D eigenvalue weighted by molar-refractivity contribution is 0.229. The van der Waals surface area contributed by atoms with Crippen LogP contribution in [0.4, 0.5) is 0 Å². The molecule has 120 valence electrons. The zero-order valence-electron chi connectivity index (χ0n) is 14.3. The van der Waals surface area contributed by atoms with Crippen LogP contribution in [0.2, 0.25) is 0 Å². The summed E-state index contributed by atoms with van der Waals surface area (Å²) >= 11 is 0. The molecule has 2 N–H and O–H groups in total. The molecule has 0 bridgehead atoms. The lowest BCUT2D eigenvalue weighted by atomic mass is 9.77. The van der Waals surface area contributed by atoms with Crippen LogP contribution in [0.3, 0.4) is 0 Å². The average Bonchev–Trinajstić information content (AvgIpc) is 2.80. The van der Waals surface area contributed by atoms with Gasteiger partial charge in [-0.05, 0) is 49.4 Å². The second kappa shape index (κ2) is 6.07. The molecule has 2 rings (SSSR count). The monoisotopic (exact) mass is 293 g/mol. The maximum absolute atomic E-state index is 6.50. The minimum atomic E-state index is -0.373. The first-order valence-electron chi connectivity index (χ1n) is 8.30. The van der Waals surface area contributed by atoms with Gasteiger partial charge in [-0.3, -0.25) is 0 Å². The molecule has 1 unspecified atom stereocenters. The van der Waals surface area contributed by atoms with Crippen molar-refractivity contribution in [2.45, 2.75) is 78.7 Å². The SMILES string of the molecule is CC1CCC(N)(c2noc(CC(C)CC(C)(C)C)n2)CC1. The van der Waals surface area contributed by atoms with Gasteiger partial charge in [-0.25, -0.2) is 0 Å². The van der Waals surface area contributed by atoms with Crippen molar-refractivity contribution in [1.29, 1.82) is 0 Å². The Bertz CT molecular complexity index is 453. The van der Waals surface area contributed by atoms with Crippen LogP contribution < -0.4 is 5.73 Å². The molecule has 4 heteroatoms. The Morgan fingerprint density at radius 1 is 1.33 bits per heavy atom. The summed E-state index contributed by atoms with van der Waals surface area (Å²) in [6, 6.07) is 0. The topological polar surface area (TPSA) is 64.9 Å². The molecule has 0 radical (unpaired) electrons. The maximum Gasteiger partial charge on any atom is 0.226 e. The van der Waals surface area contributed by atoms with E-state index < -0.39 is 0 Å². The van der Waals surface area contributed by atoms with Crippen LogP contribution in [-0.2, 0) is 12.0 Å². The highest BCUT2D eigenvalue weighted by atomic mass is 16.5. The summed E-state index contributed by atoms with van der Waals surface area (Å²) in [5, 5.41) is 4.18. The molecule has 1 atom stereocenters. The first kappa shape index (κ1) is 16.5. The summed E-state index contributed by atoms with van der Waals surface area (Å²) in [5.74, 6) is 2.76. The zero-order valence-corrected chi connectivity index (χ0v) is 14.3. The molecular formula is C17H31N3O. The predicted octanol–water partition coefficient (Wildman–Crippen LogP) is 4.05. The van der Waals surface area contributed by atoms with E-state index in [1.165, 1.54) is 0 Å². The van der Waals surface area contributed by atoms with Crippen molar-refractivity contribution < 1.29 is 4.52 Å². The van der Waals surface area contributed by atoms with Gasteiger partial charge in [-0.15, -0.1) is 0 Å². The van der Waals surface area contributed by atoms with E-state index >= 15 is 0 Å². The lowest BCUT2D eigenvalue weighted by Gasteiger charge is -2.33. The molecule has 1 aliphatic rings. The molecule has 1 heterocycles. The summed E-state index contributed by atoms with van der Waals surface area (Å²) in [6.45, 7) is 11.3. The Morgan fingerprint density at radius 2 is 1.95 bits per heavy atom. The minimum Gasteiger partial charge on any atom is -0.339 e. The molecule has 21 heavy (non-hydrogen) atoms. The van der Waals surface area contributed by atoms with Crippen molar-refractivity contribution >= 4 is 0 Å². The number of nitrogens with zero attached hydrogens (tertiary/aromatic N) is 2. The number of hydrogen-bond acceptors (Lipinski definition) is 4. The van der Waals surface area contributed by atoms with Crippen molar-refractivity contribution in [2.75, 3.05) is 0 Å². The summed E-state index contributed by atoms with van der Waals surface area (Å²) in [5.41, 5.74) is 6.46. The molecule has 4 nitrogen and oxygen atoms in total. The Balaban J connectivity index is 1.98. The molecule has 1 saturated carbocycles. The fraction of sp³-hybridized carbons (Fsp3) is 0.882.